The molecule has 2 rings (SSSR count). The fourth-order valence-corrected chi connectivity index (χ4v) is 4.20. The Morgan fingerprint density at radius 1 is 1.33 bits per heavy atom. The first-order valence-corrected chi connectivity index (χ1v) is 10.6. The number of hydrogen-bond acceptors (Lipinski definition) is 7. The van der Waals surface area contributed by atoms with Crippen molar-refractivity contribution in [1.29, 1.82) is 0 Å². The molecular weight excluding hydrogens is 409 g/mol. The van der Waals surface area contributed by atoms with Crippen molar-refractivity contribution in [3.8, 4) is 0 Å². The third kappa shape index (κ3) is 8.07. The van der Waals surface area contributed by atoms with Gasteiger partial charge >= 0.3 is 0 Å². The average Bonchev–Trinajstić information content (AvgIpc) is 2.51. The van der Waals surface area contributed by atoms with Crippen molar-refractivity contribution in [2.75, 3.05) is 51.8 Å². The van der Waals surface area contributed by atoms with Gasteiger partial charge in [0.15, 0.2) is 9.84 Å². The Morgan fingerprint density at radius 3 is 2.52 bits per heavy atom. The van der Waals surface area contributed by atoms with Crippen molar-refractivity contribution in [1.82, 2.24) is 20.2 Å². The zero-order valence-electron chi connectivity index (χ0n) is 16.8. The molecule has 2 N–H and O–H groups in total. The molecule has 10 heteroatoms. The van der Waals surface area contributed by atoms with Gasteiger partial charge in [-0.05, 0) is 38.9 Å². The SMILES string of the molecule is CN(C)CC(C)(C)CNc1ncc(S(C)(=O)=O)c(C2CCCNC2)n1.Cl.Cl. The van der Waals surface area contributed by atoms with Crippen molar-refractivity contribution in [2.24, 2.45) is 5.41 Å². The second-order valence-corrected chi connectivity index (χ2v) is 10.00. The smallest absolute Gasteiger partial charge is 0.222 e. The van der Waals surface area contributed by atoms with Crippen LogP contribution >= 0.6 is 24.8 Å². The summed E-state index contributed by atoms with van der Waals surface area (Å²) in [4.78, 5) is 11.2. The highest BCUT2D eigenvalue weighted by Crippen LogP contribution is 2.28. The summed E-state index contributed by atoms with van der Waals surface area (Å²) < 4.78 is 24.2. The maximum atomic E-state index is 12.1. The van der Waals surface area contributed by atoms with E-state index in [-0.39, 0.29) is 41.0 Å². The van der Waals surface area contributed by atoms with Crippen molar-refractivity contribution >= 4 is 40.6 Å². The number of nitrogens with one attached hydrogen (secondary N) is 2. The number of aromatic nitrogens is 2. The Bertz CT molecular complexity index is 693. The molecule has 0 spiro atoms. The van der Waals surface area contributed by atoms with Crippen LogP contribution in [0.1, 0.15) is 38.3 Å². The molecule has 1 aromatic rings. The minimum absolute atomic E-state index is 0. The molecule has 1 unspecified atom stereocenters. The van der Waals surface area contributed by atoms with Gasteiger partial charge in [0.25, 0.3) is 0 Å². The third-order valence-corrected chi connectivity index (χ3v) is 5.45. The molecule has 0 aliphatic carbocycles. The van der Waals surface area contributed by atoms with E-state index in [1.54, 1.807) is 0 Å². The Hall–Kier alpha value is -0.670. The van der Waals surface area contributed by atoms with Gasteiger partial charge in [-0.3, -0.25) is 0 Å². The minimum atomic E-state index is -3.35. The number of nitrogens with zero attached hydrogens (tertiary/aromatic N) is 3. The molecule has 1 aliphatic rings. The van der Waals surface area contributed by atoms with Crippen LogP contribution in [0, 0.1) is 5.41 Å². The first kappa shape index (κ1) is 26.3. The van der Waals surface area contributed by atoms with Crippen LogP contribution in [0.25, 0.3) is 0 Å². The first-order chi connectivity index (χ1) is 11.6. The molecule has 0 saturated carbocycles. The van der Waals surface area contributed by atoms with E-state index < -0.39 is 9.84 Å². The van der Waals surface area contributed by atoms with Gasteiger partial charge in [0.2, 0.25) is 5.95 Å². The lowest BCUT2D eigenvalue weighted by Gasteiger charge is -2.29. The highest BCUT2D eigenvalue weighted by Gasteiger charge is 2.26. The molecule has 7 nitrogen and oxygen atoms in total. The molecule has 0 amide bonds. The van der Waals surface area contributed by atoms with E-state index in [2.05, 4.69) is 39.3 Å². The zero-order valence-corrected chi connectivity index (χ0v) is 19.2. The van der Waals surface area contributed by atoms with Crippen molar-refractivity contribution in [3.63, 3.8) is 0 Å². The predicted molar refractivity (Wildman–Crippen MR) is 115 cm³/mol. The van der Waals surface area contributed by atoms with Crippen LogP contribution in [0.3, 0.4) is 0 Å². The number of hydrogen-bond donors (Lipinski definition) is 2. The van der Waals surface area contributed by atoms with Gasteiger partial charge in [0.1, 0.15) is 4.90 Å². The van der Waals surface area contributed by atoms with Gasteiger partial charge in [0.05, 0.1) is 11.9 Å². The number of sulfone groups is 1. The lowest BCUT2D eigenvalue weighted by Crippen LogP contribution is -2.35. The molecule has 158 valence electrons. The molecule has 1 saturated heterocycles. The molecule has 0 radical (unpaired) electrons. The van der Waals surface area contributed by atoms with Crippen LogP contribution in [0.4, 0.5) is 5.95 Å². The molecule has 1 aromatic heterocycles. The van der Waals surface area contributed by atoms with E-state index in [4.69, 9.17) is 0 Å². The number of halogens is 2. The summed E-state index contributed by atoms with van der Waals surface area (Å²) in [5.41, 5.74) is 0.687. The lowest BCUT2D eigenvalue weighted by atomic mass is 9.93. The highest BCUT2D eigenvalue weighted by atomic mass is 35.5. The fourth-order valence-electron chi connectivity index (χ4n) is 3.36. The van der Waals surface area contributed by atoms with Crippen molar-refractivity contribution < 1.29 is 8.42 Å². The Morgan fingerprint density at radius 2 is 2.00 bits per heavy atom. The van der Waals surface area contributed by atoms with Crippen LogP contribution < -0.4 is 10.6 Å². The van der Waals surface area contributed by atoms with E-state index in [0.29, 0.717) is 18.2 Å². The summed E-state index contributed by atoms with van der Waals surface area (Å²) >= 11 is 0. The van der Waals surface area contributed by atoms with E-state index in [0.717, 1.165) is 32.5 Å². The summed E-state index contributed by atoms with van der Waals surface area (Å²) in [5.74, 6) is 0.608. The van der Waals surface area contributed by atoms with Crippen LogP contribution in [0.2, 0.25) is 0 Å². The Balaban J connectivity index is 0.00000338. The Kier molecular flexibility index (Phi) is 10.5. The van der Waals surface area contributed by atoms with Gasteiger partial charge in [-0.15, -0.1) is 24.8 Å². The quantitative estimate of drug-likeness (QED) is 0.669. The van der Waals surface area contributed by atoms with Crippen molar-refractivity contribution in [2.45, 2.75) is 37.5 Å². The topological polar surface area (TPSA) is 87.2 Å². The fraction of sp³-hybridized carbons (Fsp3) is 0.765. The second kappa shape index (κ2) is 10.8. The lowest BCUT2D eigenvalue weighted by molar-refractivity contribution is 0.254. The highest BCUT2D eigenvalue weighted by molar-refractivity contribution is 7.90. The normalized spacial score (nSPS) is 17.8. The van der Waals surface area contributed by atoms with E-state index in [9.17, 15) is 8.42 Å². The molecule has 0 bridgehead atoms. The predicted octanol–water partition coefficient (Wildman–Crippen LogP) is 2.19. The van der Waals surface area contributed by atoms with Crippen molar-refractivity contribution in [3.05, 3.63) is 11.9 Å². The summed E-state index contributed by atoms with van der Waals surface area (Å²) in [6.07, 6.45) is 4.64. The average molecular weight is 442 g/mol. The number of anilines is 1. The summed E-state index contributed by atoms with van der Waals surface area (Å²) in [6, 6.07) is 0. The number of rotatable bonds is 7. The molecule has 1 aliphatic heterocycles. The Labute approximate surface area is 175 Å². The monoisotopic (exact) mass is 441 g/mol. The maximum absolute atomic E-state index is 12.1. The van der Waals surface area contributed by atoms with Gasteiger partial charge in [0, 0.05) is 31.8 Å². The van der Waals surface area contributed by atoms with E-state index in [1.165, 1.54) is 12.5 Å². The summed E-state index contributed by atoms with van der Waals surface area (Å²) in [7, 11) is 0.752. The van der Waals surface area contributed by atoms with Gasteiger partial charge in [-0.25, -0.2) is 18.4 Å². The summed E-state index contributed by atoms with van der Waals surface area (Å²) in [5, 5.41) is 6.61. The molecule has 1 atom stereocenters. The second-order valence-electron chi connectivity index (χ2n) is 8.01. The molecule has 2 heterocycles. The summed E-state index contributed by atoms with van der Waals surface area (Å²) in [6.45, 7) is 7.73. The maximum Gasteiger partial charge on any atom is 0.222 e. The molecule has 27 heavy (non-hydrogen) atoms. The minimum Gasteiger partial charge on any atom is -0.354 e. The number of piperidine rings is 1. The van der Waals surface area contributed by atoms with Gasteiger partial charge in [-0.1, -0.05) is 13.8 Å². The standard InChI is InChI=1S/C17H31N5O2S.2ClH/c1-17(2,12-22(3)4)11-20-16-19-10-14(25(5,23)24)15(21-16)13-7-6-8-18-9-13;;/h10,13,18H,6-9,11-12H2,1-5H3,(H,19,20,21);2*1H. The largest absolute Gasteiger partial charge is 0.354 e. The molecule has 1 fully saturated rings. The van der Waals surface area contributed by atoms with Crippen LogP contribution in [-0.4, -0.2) is 69.8 Å². The van der Waals surface area contributed by atoms with Gasteiger partial charge in [-0.2, -0.15) is 0 Å². The van der Waals surface area contributed by atoms with E-state index in [1.807, 2.05) is 14.1 Å². The molecular formula is C17H33Cl2N5O2S. The first-order valence-electron chi connectivity index (χ1n) is 8.75. The van der Waals surface area contributed by atoms with Crippen LogP contribution in [-0.2, 0) is 9.84 Å². The molecule has 0 aromatic carbocycles. The van der Waals surface area contributed by atoms with Gasteiger partial charge < -0.3 is 15.5 Å². The zero-order chi connectivity index (χ0) is 18.7. The van der Waals surface area contributed by atoms with Crippen LogP contribution in [0.5, 0.6) is 0 Å². The van der Waals surface area contributed by atoms with Crippen LogP contribution in [0.15, 0.2) is 11.1 Å². The third-order valence-electron chi connectivity index (χ3n) is 4.34. The van der Waals surface area contributed by atoms with E-state index >= 15 is 0 Å².